The Morgan fingerprint density at radius 2 is 1.96 bits per heavy atom. The lowest BCUT2D eigenvalue weighted by molar-refractivity contribution is -0.119. The molecule has 5 heteroatoms. The van der Waals surface area contributed by atoms with Crippen LogP contribution in [0.2, 0.25) is 0 Å². The molecule has 1 fully saturated rings. The van der Waals surface area contributed by atoms with Crippen molar-refractivity contribution in [1.29, 1.82) is 0 Å². The molecule has 120 valence electrons. The van der Waals surface area contributed by atoms with E-state index in [0.29, 0.717) is 17.8 Å². The smallest absolute Gasteiger partial charge is 0.264 e. The Hall–Kier alpha value is -2.14. The van der Waals surface area contributed by atoms with E-state index >= 15 is 0 Å². The average molecular weight is 328 g/mol. The highest BCUT2D eigenvalue weighted by Gasteiger charge is 2.34. The number of hydrogen-bond acceptors (Lipinski definition) is 3. The average Bonchev–Trinajstić information content (AvgIpc) is 3.17. The van der Waals surface area contributed by atoms with E-state index in [1.54, 1.807) is 4.90 Å². The monoisotopic (exact) mass is 328 g/mol. The van der Waals surface area contributed by atoms with Gasteiger partial charge < -0.3 is 10.2 Å². The van der Waals surface area contributed by atoms with Gasteiger partial charge in [0.2, 0.25) is 5.91 Å². The Morgan fingerprint density at radius 3 is 2.61 bits per heavy atom. The number of carbonyl (C=O) groups is 2. The zero-order valence-electron chi connectivity index (χ0n) is 13.3. The molecule has 1 N–H and O–H groups in total. The van der Waals surface area contributed by atoms with E-state index in [1.165, 1.54) is 11.3 Å². The molecular formula is C18H20N2O2S. The quantitative estimate of drug-likeness (QED) is 0.936. The largest absolute Gasteiger partial charge is 0.326 e. The fourth-order valence-corrected chi connectivity index (χ4v) is 3.78. The van der Waals surface area contributed by atoms with Crippen LogP contribution in [-0.4, -0.2) is 29.3 Å². The van der Waals surface area contributed by atoms with Crippen molar-refractivity contribution in [2.75, 3.05) is 11.9 Å². The second-order valence-electron chi connectivity index (χ2n) is 6.00. The van der Waals surface area contributed by atoms with Gasteiger partial charge in [0.25, 0.3) is 5.91 Å². The van der Waals surface area contributed by atoms with Crippen molar-refractivity contribution in [2.24, 2.45) is 0 Å². The van der Waals surface area contributed by atoms with Crippen LogP contribution in [0.15, 0.2) is 35.7 Å². The molecule has 1 aromatic heterocycles. The molecule has 2 amide bonds. The van der Waals surface area contributed by atoms with Crippen molar-refractivity contribution in [3.05, 3.63) is 51.7 Å². The fourth-order valence-electron chi connectivity index (χ4n) is 3.10. The fraction of sp³-hybridized carbons (Fsp3) is 0.333. The molecule has 0 saturated carbocycles. The molecule has 0 unspecified atom stereocenters. The second-order valence-corrected chi connectivity index (χ2v) is 6.95. The number of thiophene rings is 1. The number of likely N-dealkylation sites (tertiary alicyclic amines) is 1. The van der Waals surface area contributed by atoms with Gasteiger partial charge in [0.1, 0.15) is 6.04 Å². The summed E-state index contributed by atoms with van der Waals surface area (Å²) in [5.41, 5.74) is 3.01. The van der Waals surface area contributed by atoms with Crippen LogP contribution in [0.25, 0.3) is 0 Å². The van der Waals surface area contributed by atoms with Crippen LogP contribution in [0.3, 0.4) is 0 Å². The number of amides is 2. The normalized spacial score (nSPS) is 17.3. The predicted molar refractivity (Wildman–Crippen MR) is 92.9 cm³/mol. The van der Waals surface area contributed by atoms with E-state index in [4.69, 9.17) is 0 Å². The summed E-state index contributed by atoms with van der Waals surface area (Å²) in [4.78, 5) is 27.5. The lowest BCUT2D eigenvalue weighted by atomic mass is 10.1. The molecule has 4 nitrogen and oxygen atoms in total. The molecule has 0 aliphatic carbocycles. The molecule has 3 rings (SSSR count). The van der Waals surface area contributed by atoms with Crippen molar-refractivity contribution in [3.63, 3.8) is 0 Å². The van der Waals surface area contributed by atoms with Crippen LogP contribution in [0.4, 0.5) is 5.69 Å². The van der Waals surface area contributed by atoms with E-state index in [0.717, 1.165) is 23.2 Å². The molecule has 1 aliphatic rings. The van der Waals surface area contributed by atoms with Gasteiger partial charge in [-0.1, -0.05) is 12.1 Å². The second kappa shape index (κ2) is 6.54. The third-order valence-corrected chi connectivity index (χ3v) is 4.90. The van der Waals surface area contributed by atoms with Crippen LogP contribution >= 0.6 is 11.3 Å². The highest BCUT2D eigenvalue weighted by Crippen LogP contribution is 2.24. The molecule has 1 saturated heterocycles. The molecule has 1 aliphatic heterocycles. The van der Waals surface area contributed by atoms with E-state index in [-0.39, 0.29) is 17.9 Å². The number of nitrogens with zero attached hydrogens (tertiary/aromatic N) is 1. The molecular weight excluding hydrogens is 308 g/mol. The van der Waals surface area contributed by atoms with Crippen LogP contribution in [0, 0.1) is 13.8 Å². The van der Waals surface area contributed by atoms with Gasteiger partial charge in [0.15, 0.2) is 0 Å². The topological polar surface area (TPSA) is 49.4 Å². The summed E-state index contributed by atoms with van der Waals surface area (Å²) >= 11 is 1.42. The SMILES string of the molecule is Cc1cc(C)cc(NC(=O)[C@H]2CCCN2C(=O)c2cccs2)c1. The Morgan fingerprint density at radius 1 is 1.22 bits per heavy atom. The summed E-state index contributed by atoms with van der Waals surface area (Å²) in [6.45, 7) is 4.65. The maximum Gasteiger partial charge on any atom is 0.264 e. The van der Waals surface area contributed by atoms with Gasteiger partial charge in [-0.3, -0.25) is 9.59 Å². The van der Waals surface area contributed by atoms with Crippen LogP contribution in [0.5, 0.6) is 0 Å². The van der Waals surface area contributed by atoms with Gasteiger partial charge in [-0.25, -0.2) is 0 Å². The van der Waals surface area contributed by atoms with Crippen molar-refractivity contribution < 1.29 is 9.59 Å². The highest BCUT2D eigenvalue weighted by molar-refractivity contribution is 7.12. The van der Waals surface area contributed by atoms with Crippen molar-refractivity contribution >= 4 is 28.8 Å². The summed E-state index contributed by atoms with van der Waals surface area (Å²) in [5, 5.41) is 4.85. The van der Waals surface area contributed by atoms with Crippen LogP contribution < -0.4 is 5.32 Å². The summed E-state index contributed by atoms with van der Waals surface area (Å²) in [6.07, 6.45) is 1.58. The number of rotatable bonds is 3. The van der Waals surface area contributed by atoms with Gasteiger partial charge >= 0.3 is 0 Å². The first-order valence-corrected chi connectivity index (χ1v) is 8.66. The zero-order valence-corrected chi connectivity index (χ0v) is 14.2. The first-order chi connectivity index (χ1) is 11.0. The standard InChI is InChI=1S/C18H20N2O2S/c1-12-9-13(2)11-14(10-12)19-17(21)15-5-3-7-20(15)18(22)16-6-4-8-23-16/h4,6,8-11,15H,3,5,7H2,1-2H3,(H,19,21)/t15-/m1/s1. The summed E-state index contributed by atoms with van der Waals surface area (Å²) in [6, 6.07) is 9.25. The number of carbonyl (C=O) groups excluding carboxylic acids is 2. The summed E-state index contributed by atoms with van der Waals surface area (Å²) in [5.74, 6) is -0.143. The minimum absolute atomic E-state index is 0.0435. The van der Waals surface area contributed by atoms with Crippen LogP contribution in [0.1, 0.15) is 33.6 Å². The van der Waals surface area contributed by atoms with E-state index < -0.39 is 0 Å². The van der Waals surface area contributed by atoms with Gasteiger partial charge in [-0.05, 0) is 61.4 Å². The Balaban J connectivity index is 1.74. The maximum absolute atomic E-state index is 12.6. The first-order valence-electron chi connectivity index (χ1n) is 7.78. The predicted octanol–water partition coefficient (Wildman–Crippen LogP) is 3.61. The lowest BCUT2D eigenvalue weighted by Gasteiger charge is -2.23. The molecule has 23 heavy (non-hydrogen) atoms. The number of anilines is 1. The molecule has 1 atom stereocenters. The molecule has 2 aromatic rings. The number of nitrogens with one attached hydrogen (secondary N) is 1. The molecule has 0 bridgehead atoms. The molecule has 1 aromatic carbocycles. The van der Waals surface area contributed by atoms with E-state index in [1.807, 2.05) is 43.5 Å². The minimum atomic E-state index is -0.384. The Bertz CT molecular complexity index is 704. The van der Waals surface area contributed by atoms with Crippen LogP contribution in [-0.2, 0) is 4.79 Å². The summed E-state index contributed by atoms with van der Waals surface area (Å²) < 4.78 is 0. The minimum Gasteiger partial charge on any atom is -0.326 e. The zero-order chi connectivity index (χ0) is 16.4. The van der Waals surface area contributed by atoms with Gasteiger partial charge in [0, 0.05) is 12.2 Å². The maximum atomic E-state index is 12.6. The Kier molecular flexibility index (Phi) is 4.48. The van der Waals surface area contributed by atoms with Crippen molar-refractivity contribution in [1.82, 2.24) is 4.90 Å². The molecule has 2 heterocycles. The third-order valence-electron chi connectivity index (χ3n) is 4.04. The molecule has 0 radical (unpaired) electrons. The molecule has 0 spiro atoms. The number of benzene rings is 1. The number of aryl methyl sites for hydroxylation is 2. The van der Waals surface area contributed by atoms with Crippen molar-refractivity contribution in [3.8, 4) is 0 Å². The van der Waals surface area contributed by atoms with Gasteiger partial charge in [-0.15, -0.1) is 11.3 Å². The van der Waals surface area contributed by atoms with Crippen molar-refractivity contribution in [2.45, 2.75) is 32.7 Å². The van der Waals surface area contributed by atoms with E-state index in [2.05, 4.69) is 11.4 Å². The summed E-state index contributed by atoms with van der Waals surface area (Å²) in [7, 11) is 0. The van der Waals surface area contributed by atoms with Gasteiger partial charge in [-0.2, -0.15) is 0 Å². The number of hydrogen-bond donors (Lipinski definition) is 1. The van der Waals surface area contributed by atoms with Gasteiger partial charge in [0.05, 0.1) is 4.88 Å². The highest BCUT2D eigenvalue weighted by atomic mass is 32.1. The Labute approximate surface area is 140 Å². The van der Waals surface area contributed by atoms with E-state index in [9.17, 15) is 9.59 Å². The first kappa shape index (κ1) is 15.7. The third kappa shape index (κ3) is 3.45. The lowest BCUT2D eigenvalue weighted by Crippen LogP contribution is -2.42.